The van der Waals surface area contributed by atoms with E-state index in [0.717, 1.165) is 48.5 Å². The predicted molar refractivity (Wildman–Crippen MR) is 111 cm³/mol. The van der Waals surface area contributed by atoms with E-state index in [2.05, 4.69) is 14.8 Å². The van der Waals surface area contributed by atoms with Crippen LogP contribution in [-0.4, -0.2) is 39.0 Å². The molecular weight excluding hydrogens is 386 g/mol. The van der Waals surface area contributed by atoms with E-state index in [1.807, 2.05) is 50.2 Å². The van der Waals surface area contributed by atoms with Crippen LogP contribution in [0.5, 0.6) is 0 Å². The van der Waals surface area contributed by atoms with Crippen molar-refractivity contribution in [2.75, 3.05) is 12.4 Å². The Morgan fingerprint density at radius 3 is 2.83 bits per heavy atom. The van der Waals surface area contributed by atoms with Gasteiger partial charge in [-0.2, -0.15) is 0 Å². The summed E-state index contributed by atoms with van der Waals surface area (Å²) in [6.45, 7) is 5.69. The van der Waals surface area contributed by atoms with Crippen LogP contribution in [0.1, 0.15) is 46.0 Å². The number of rotatable bonds is 8. The summed E-state index contributed by atoms with van der Waals surface area (Å²) in [5, 5.41) is 8.58. The van der Waals surface area contributed by atoms with Crippen molar-refractivity contribution in [2.24, 2.45) is 0 Å². The Morgan fingerprint density at radius 2 is 2.07 bits per heavy atom. The lowest BCUT2D eigenvalue weighted by Crippen LogP contribution is -2.17. The molecule has 0 amide bonds. The number of Topliss-reactive ketones (excluding diaryl/α,β-unsaturated/α-hetero) is 1. The van der Waals surface area contributed by atoms with Gasteiger partial charge in [0.05, 0.1) is 18.3 Å². The van der Waals surface area contributed by atoms with E-state index in [-0.39, 0.29) is 17.6 Å². The summed E-state index contributed by atoms with van der Waals surface area (Å²) >= 11 is 1.29. The summed E-state index contributed by atoms with van der Waals surface area (Å²) < 4.78 is 13.6. The number of nitrogens with zero attached hydrogens (tertiary/aromatic N) is 3. The average Bonchev–Trinajstić information content (AvgIpc) is 3.45. The van der Waals surface area contributed by atoms with Crippen LogP contribution in [0.2, 0.25) is 0 Å². The predicted octanol–water partition coefficient (Wildman–Crippen LogP) is 4.23. The molecule has 1 saturated heterocycles. The molecule has 0 saturated carbocycles. The lowest BCUT2D eigenvalue weighted by Gasteiger charge is -2.14. The molecule has 7 heteroatoms. The topological polar surface area (TPSA) is 70.2 Å². The number of ketones is 1. The van der Waals surface area contributed by atoms with Crippen LogP contribution >= 0.6 is 11.8 Å². The second-order valence-corrected chi connectivity index (χ2v) is 8.29. The number of carbonyl (C=O) groups is 1. The van der Waals surface area contributed by atoms with Crippen LogP contribution in [0.4, 0.5) is 0 Å². The molecule has 1 aliphatic rings. The Labute approximate surface area is 174 Å². The fourth-order valence-electron chi connectivity index (χ4n) is 3.70. The van der Waals surface area contributed by atoms with E-state index in [0.29, 0.717) is 17.5 Å². The molecule has 0 aliphatic carbocycles. The lowest BCUT2D eigenvalue weighted by molar-refractivity contribution is 0.0957. The maximum Gasteiger partial charge on any atom is 0.277 e. The summed E-state index contributed by atoms with van der Waals surface area (Å²) in [4.78, 5) is 12.8. The van der Waals surface area contributed by atoms with Crippen LogP contribution in [0.25, 0.3) is 0 Å². The molecule has 0 unspecified atom stereocenters. The van der Waals surface area contributed by atoms with Gasteiger partial charge in [0.1, 0.15) is 0 Å². The molecule has 1 atom stereocenters. The number of hydrogen-bond donors (Lipinski definition) is 0. The van der Waals surface area contributed by atoms with Gasteiger partial charge in [0.15, 0.2) is 5.78 Å². The Hall–Kier alpha value is -2.38. The van der Waals surface area contributed by atoms with Crippen molar-refractivity contribution in [3.63, 3.8) is 0 Å². The van der Waals surface area contributed by atoms with Crippen LogP contribution in [-0.2, 0) is 17.7 Å². The molecular formula is C22H25N3O3S. The van der Waals surface area contributed by atoms with Crippen molar-refractivity contribution >= 4 is 17.5 Å². The Bertz CT molecular complexity index is 975. The van der Waals surface area contributed by atoms with Crippen molar-refractivity contribution in [2.45, 2.75) is 51.0 Å². The van der Waals surface area contributed by atoms with Crippen molar-refractivity contribution < 1.29 is 13.9 Å². The first kappa shape index (κ1) is 19.9. The third kappa shape index (κ3) is 4.79. The number of aromatic nitrogens is 3. The number of aryl methyl sites for hydroxylation is 1. The van der Waals surface area contributed by atoms with Gasteiger partial charge in [-0.3, -0.25) is 4.79 Å². The average molecular weight is 412 g/mol. The number of hydrogen-bond acceptors (Lipinski definition) is 6. The maximum absolute atomic E-state index is 12.8. The third-order valence-electron chi connectivity index (χ3n) is 5.26. The highest BCUT2D eigenvalue weighted by Gasteiger charge is 2.21. The maximum atomic E-state index is 12.8. The van der Waals surface area contributed by atoms with Gasteiger partial charge in [-0.15, -0.1) is 10.2 Å². The fraction of sp³-hybridized carbons (Fsp3) is 0.409. The first-order chi connectivity index (χ1) is 14.1. The second-order valence-electron chi connectivity index (χ2n) is 7.37. The van der Waals surface area contributed by atoms with Gasteiger partial charge >= 0.3 is 0 Å². The molecule has 1 fully saturated rings. The zero-order chi connectivity index (χ0) is 20.2. The first-order valence-electron chi connectivity index (χ1n) is 9.91. The second kappa shape index (κ2) is 8.97. The lowest BCUT2D eigenvalue weighted by atomic mass is 10.2. The van der Waals surface area contributed by atoms with E-state index < -0.39 is 0 Å². The van der Waals surface area contributed by atoms with Crippen LogP contribution in [0.15, 0.2) is 46.0 Å². The summed E-state index contributed by atoms with van der Waals surface area (Å²) in [7, 11) is 0. The first-order valence-corrected chi connectivity index (χ1v) is 10.9. The highest BCUT2D eigenvalue weighted by molar-refractivity contribution is 7.99. The highest BCUT2D eigenvalue weighted by Crippen LogP contribution is 2.24. The van der Waals surface area contributed by atoms with E-state index in [4.69, 9.17) is 9.15 Å². The van der Waals surface area contributed by atoms with Crippen molar-refractivity contribution in [1.29, 1.82) is 0 Å². The molecule has 6 nitrogen and oxygen atoms in total. The van der Waals surface area contributed by atoms with Crippen LogP contribution in [0, 0.1) is 13.8 Å². The molecule has 152 valence electrons. The number of ether oxygens (including phenoxy) is 1. The molecule has 0 spiro atoms. The standard InChI is InChI=1S/C22H25N3O3S/c1-15-11-19(16(2)25(15)13-18-9-6-10-27-18)20(26)14-29-22-24-23-21(28-22)12-17-7-4-3-5-8-17/h3-5,7-8,11,18H,6,9-10,12-14H2,1-2H3/t18-/m1/s1. The largest absolute Gasteiger partial charge is 0.416 e. The normalized spacial score (nSPS) is 16.4. The summed E-state index contributed by atoms with van der Waals surface area (Å²) in [5.74, 6) is 0.905. The van der Waals surface area contributed by atoms with E-state index >= 15 is 0 Å². The smallest absolute Gasteiger partial charge is 0.277 e. The zero-order valence-electron chi connectivity index (χ0n) is 16.8. The Morgan fingerprint density at radius 1 is 1.24 bits per heavy atom. The van der Waals surface area contributed by atoms with Crippen molar-refractivity contribution in [3.05, 3.63) is 64.8 Å². The fourth-order valence-corrected chi connectivity index (χ4v) is 4.36. The van der Waals surface area contributed by atoms with Crippen LogP contribution in [0.3, 0.4) is 0 Å². The monoisotopic (exact) mass is 411 g/mol. The minimum Gasteiger partial charge on any atom is -0.416 e. The molecule has 1 aliphatic heterocycles. The van der Waals surface area contributed by atoms with Crippen LogP contribution < -0.4 is 0 Å². The zero-order valence-corrected chi connectivity index (χ0v) is 17.6. The van der Waals surface area contributed by atoms with Gasteiger partial charge < -0.3 is 13.7 Å². The van der Waals surface area contributed by atoms with Gasteiger partial charge in [0, 0.05) is 30.1 Å². The molecule has 3 aromatic rings. The van der Waals surface area contributed by atoms with Crippen molar-refractivity contribution in [3.8, 4) is 0 Å². The SMILES string of the molecule is Cc1cc(C(=O)CSc2nnc(Cc3ccccc3)o2)c(C)n1C[C@H]1CCCO1. The minimum atomic E-state index is 0.0736. The summed E-state index contributed by atoms with van der Waals surface area (Å²) in [6, 6.07) is 12.0. The Balaban J connectivity index is 1.36. The molecule has 4 rings (SSSR count). The molecule has 1 aromatic carbocycles. The molecule has 0 N–H and O–H groups in total. The Kier molecular flexibility index (Phi) is 6.16. The quantitative estimate of drug-likeness (QED) is 0.408. The van der Waals surface area contributed by atoms with Gasteiger partial charge in [0.25, 0.3) is 5.22 Å². The van der Waals surface area contributed by atoms with E-state index in [9.17, 15) is 4.79 Å². The molecule has 3 heterocycles. The van der Waals surface area contributed by atoms with Gasteiger partial charge in [0.2, 0.25) is 5.89 Å². The molecule has 29 heavy (non-hydrogen) atoms. The summed E-state index contributed by atoms with van der Waals surface area (Å²) in [6.07, 6.45) is 3.03. The molecule has 2 aromatic heterocycles. The molecule has 0 bridgehead atoms. The van der Waals surface area contributed by atoms with Gasteiger partial charge in [-0.25, -0.2) is 0 Å². The van der Waals surface area contributed by atoms with E-state index in [1.54, 1.807) is 0 Å². The number of benzene rings is 1. The minimum absolute atomic E-state index is 0.0736. The number of thioether (sulfide) groups is 1. The van der Waals surface area contributed by atoms with Gasteiger partial charge in [-0.05, 0) is 38.3 Å². The van der Waals surface area contributed by atoms with E-state index in [1.165, 1.54) is 11.8 Å². The number of carbonyl (C=O) groups excluding carboxylic acids is 1. The third-order valence-corrected chi connectivity index (χ3v) is 6.08. The van der Waals surface area contributed by atoms with Crippen molar-refractivity contribution in [1.82, 2.24) is 14.8 Å². The molecule has 0 radical (unpaired) electrons. The summed E-state index contributed by atoms with van der Waals surface area (Å²) in [5.41, 5.74) is 3.97. The van der Waals surface area contributed by atoms with Gasteiger partial charge in [-0.1, -0.05) is 42.1 Å². The highest BCUT2D eigenvalue weighted by atomic mass is 32.2.